The van der Waals surface area contributed by atoms with Gasteiger partial charge < -0.3 is 9.73 Å². The fourth-order valence-corrected chi connectivity index (χ4v) is 2.02. The number of furan rings is 1. The second-order valence-electron chi connectivity index (χ2n) is 3.73. The summed E-state index contributed by atoms with van der Waals surface area (Å²) in [6.45, 7) is -0.213. The molecular weight excluding hydrogens is 357 g/mol. The first kappa shape index (κ1) is 14.4. The number of benzene rings is 1. The van der Waals surface area contributed by atoms with E-state index in [1.165, 1.54) is 0 Å². The molecule has 0 bridgehead atoms. The highest BCUT2D eigenvalue weighted by Crippen LogP contribution is 2.23. The monoisotopic (exact) mass is 363 g/mol. The Morgan fingerprint density at radius 1 is 1.32 bits per heavy atom. The third-order valence-corrected chi connectivity index (χ3v) is 3.26. The van der Waals surface area contributed by atoms with Gasteiger partial charge in [-0.15, -0.1) is 0 Å². The largest absolute Gasteiger partial charge is 0.453 e. The number of alkyl halides is 2. The van der Waals surface area contributed by atoms with Crippen LogP contribution in [0.25, 0.3) is 11.0 Å². The number of halogens is 3. The van der Waals surface area contributed by atoms with E-state index in [9.17, 15) is 9.59 Å². The van der Waals surface area contributed by atoms with E-state index in [1.807, 2.05) is 12.1 Å². The number of carbonyl (C=O) groups is 2. The zero-order valence-electron chi connectivity index (χ0n) is 9.45. The third-order valence-electron chi connectivity index (χ3n) is 2.37. The van der Waals surface area contributed by atoms with E-state index in [-0.39, 0.29) is 18.1 Å². The Balaban J connectivity index is 2.11. The van der Waals surface area contributed by atoms with Gasteiger partial charge in [0.25, 0.3) is 5.91 Å². The molecule has 2 aromatic rings. The number of amides is 1. The molecule has 1 N–H and O–H groups in total. The highest BCUT2D eigenvalue weighted by molar-refractivity contribution is 9.10. The van der Waals surface area contributed by atoms with Crippen LogP contribution < -0.4 is 5.32 Å². The van der Waals surface area contributed by atoms with Gasteiger partial charge in [-0.1, -0.05) is 39.1 Å². The van der Waals surface area contributed by atoms with Gasteiger partial charge in [-0.25, -0.2) is 0 Å². The maximum Gasteiger partial charge on any atom is 0.253 e. The standard InChI is InChI=1S/C12H8BrCl2NO3/c13-7-1-2-9-6(3-7)4-10(19-9)8(17)5-16-12(18)11(14)15/h1-4,11H,5H2,(H,16,18). The summed E-state index contributed by atoms with van der Waals surface area (Å²) in [5, 5.41) is 3.12. The Labute approximate surface area is 127 Å². The van der Waals surface area contributed by atoms with Crippen molar-refractivity contribution in [3.05, 3.63) is 34.5 Å². The number of carbonyl (C=O) groups excluding carboxylic acids is 2. The predicted octanol–water partition coefficient (Wildman–Crippen LogP) is 3.30. The van der Waals surface area contributed by atoms with Gasteiger partial charge in [0.2, 0.25) is 5.78 Å². The van der Waals surface area contributed by atoms with Crippen molar-refractivity contribution in [2.45, 2.75) is 4.84 Å². The zero-order valence-corrected chi connectivity index (χ0v) is 12.6. The smallest absolute Gasteiger partial charge is 0.253 e. The van der Waals surface area contributed by atoms with Gasteiger partial charge in [0.15, 0.2) is 10.6 Å². The molecule has 0 aliphatic heterocycles. The normalized spacial score (nSPS) is 10.9. The van der Waals surface area contributed by atoms with Crippen LogP contribution in [0.5, 0.6) is 0 Å². The van der Waals surface area contributed by atoms with Crippen molar-refractivity contribution in [2.24, 2.45) is 0 Å². The number of nitrogens with one attached hydrogen (secondary N) is 1. The van der Waals surface area contributed by atoms with E-state index in [0.717, 1.165) is 9.86 Å². The molecular formula is C12H8BrCl2NO3. The van der Waals surface area contributed by atoms with E-state index >= 15 is 0 Å². The summed E-state index contributed by atoms with van der Waals surface area (Å²) < 4.78 is 6.28. The van der Waals surface area contributed by atoms with Crippen LogP contribution in [0.15, 0.2) is 33.2 Å². The van der Waals surface area contributed by atoms with E-state index in [0.29, 0.717) is 5.58 Å². The van der Waals surface area contributed by atoms with Crippen LogP contribution in [0.1, 0.15) is 10.6 Å². The molecule has 7 heteroatoms. The number of hydrogen-bond donors (Lipinski definition) is 1. The molecule has 0 saturated heterocycles. The molecule has 0 atom stereocenters. The summed E-state index contributed by atoms with van der Waals surface area (Å²) in [7, 11) is 0. The molecule has 1 heterocycles. The van der Waals surface area contributed by atoms with Crippen molar-refractivity contribution < 1.29 is 14.0 Å². The minimum absolute atomic E-state index is 0.175. The summed E-state index contributed by atoms with van der Waals surface area (Å²) in [5.74, 6) is -0.792. The number of hydrogen-bond acceptors (Lipinski definition) is 3. The first-order valence-corrected chi connectivity index (χ1v) is 6.92. The molecule has 2 rings (SSSR count). The number of rotatable bonds is 4. The fraction of sp³-hybridized carbons (Fsp3) is 0.167. The van der Waals surface area contributed by atoms with Crippen molar-refractivity contribution in [2.75, 3.05) is 6.54 Å². The summed E-state index contributed by atoms with van der Waals surface area (Å²) in [6.07, 6.45) is 0. The lowest BCUT2D eigenvalue weighted by Gasteiger charge is -2.02. The summed E-state index contributed by atoms with van der Waals surface area (Å²) in [5.41, 5.74) is 0.602. The van der Waals surface area contributed by atoms with Crippen LogP contribution in [-0.2, 0) is 4.79 Å². The fourth-order valence-electron chi connectivity index (χ4n) is 1.48. The summed E-state index contributed by atoms with van der Waals surface area (Å²) in [6, 6.07) is 7.02. The van der Waals surface area contributed by atoms with Gasteiger partial charge >= 0.3 is 0 Å². The Kier molecular flexibility index (Phi) is 4.50. The number of ketones is 1. The highest BCUT2D eigenvalue weighted by Gasteiger charge is 2.16. The van der Waals surface area contributed by atoms with Gasteiger partial charge in [0.1, 0.15) is 5.58 Å². The van der Waals surface area contributed by atoms with Gasteiger partial charge in [0.05, 0.1) is 6.54 Å². The first-order valence-electron chi connectivity index (χ1n) is 5.25. The SMILES string of the molecule is O=C(CNC(=O)C(Cl)Cl)c1cc2cc(Br)ccc2o1. The molecule has 0 aliphatic rings. The minimum atomic E-state index is -1.19. The Bertz CT molecular complexity index is 639. The molecule has 0 saturated carbocycles. The molecule has 100 valence electrons. The Morgan fingerprint density at radius 2 is 2.05 bits per heavy atom. The van der Waals surface area contributed by atoms with Gasteiger partial charge in [-0.2, -0.15) is 0 Å². The first-order chi connectivity index (χ1) is 8.97. The minimum Gasteiger partial charge on any atom is -0.453 e. The lowest BCUT2D eigenvalue weighted by molar-refractivity contribution is -0.119. The van der Waals surface area contributed by atoms with E-state index < -0.39 is 10.7 Å². The zero-order chi connectivity index (χ0) is 14.0. The maximum absolute atomic E-state index is 11.8. The Hall–Kier alpha value is -1.04. The molecule has 0 fully saturated rings. The van der Waals surface area contributed by atoms with E-state index in [4.69, 9.17) is 27.6 Å². The van der Waals surface area contributed by atoms with E-state index in [1.54, 1.807) is 12.1 Å². The van der Waals surface area contributed by atoms with Crippen molar-refractivity contribution in [1.82, 2.24) is 5.32 Å². The Morgan fingerprint density at radius 3 is 2.74 bits per heavy atom. The molecule has 1 aromatic heterocycles. The second kappa shape index (κ2) is 5.94. The molecule has 0 radical (unpaired) electrons. The van der Waals surface area contributed by atoms with Gasteiger partial charge in [0, 0.05) is 9.86 Å². The number of fused-ring (bicyclic) bond motifs is 1. The van der Waals surface area contributed by atoms with Crippen LogP contribution >= 0.6 is 39.1 Å². The molecule has 1 aromatic carbocycles. The van der Waals surface area contributed by atoms with Crippen LogP contribution in [-0.4, -0.2) is 23.1 Å². The molecule has 0 unspecified atom stereocenters. The third kappa shape index (κ3) is 3.49. The molecule has 0 aliphatic carbocycles. The van der Waals surface area contributed by atoms with E-state index in [2.05, 4.69) is 21.2 Å². The molecule has 4 nitrogen and oxygen atoms in total. The molecule has 19 heavy (non-hydrogen) atoms. The topological polar surface area (TPSA) is 59.3 Å². The lowest BCUT2D eigenvalue weighted by atomic mass is 10.2. The highest BCUT2D eigenvalue weighted by atomic mass is 79.9. The van der Waals surface area contributed by atoms with Crippen LogP contribution in [0, 0.1) is 0 Å². The van der Waals surface area contributed by atoms with Gasteiger partial charge in [-0.3, -0.25) is 9.59 Å². The summed E-state index contributed by atoms with van der Waals surface area (Å²) in [4.78, 5) is 21.8. The quantitative estimate of drug-likeness (QED) is 0.668. The van der Waals surface area contributed by atoms with Crippen LogP contribution in [0.2, 0.25) is 0 Å². The number of Topliss-reactive ketones (excluding diaryl/α,β-unsaturated/α-hetero) is 1. The van der Waals surface area contributed by atoms with Crippen LogP contribution in [0.3, 0.4) is 0 Å². The van der Waals surface area contributed by atoms with Crippen molar-refractivity contribution in [3.8, 4) is 0 Å². The van der Waals surface area contributed by atoms with Crippen molar-refractivity contribution in [3.63, 3.8) is 0 Å². The average molecular weight is 365 g/mol. The maximum atomic E-state index is 11.8. The van der Waals surface area contributed by atoms with Gasteiger partial charge in [-0.05, 0) is 24.3 Å². The lowest BCUT2D eigenvalue weighted by Crippen LogP contribution is -2.33. The second-order valence-corrected chi connectivity index (χ2v) is 5.75. The predicted molar refractivity (Wildman–Crippen MR) is 76.7 cm³/mol. The van der Waals surface area contributed by atoms with Crippen LogP contribution in [0.4, 0.5) is 0 Å². The average Bonchev–Trinajstić information content (AvgIpc) is 2.78. The van der Waals surface area contributed by atoms with Crippen molar-refractivity contribution in [1.29, 1.82) is 0 Å². The molecule has 0 spiro atoms. The summed E-state index contributed by atoms with van der Waals surface area (Å²) >= 11 is 14.0. The molecule has 1 amide bonds. The van der Waals surface area contributed by atoms with Crippen molar-refractivity contribution >= 4 is 61.8 Å².